The minimum absolute atomic E-state index is 0.0250. The van der Waals surface area contributed by atoms with Crippen LogP contribution in [-0.4, -0.2) is 12.6 Å². The van der Waals surface area contributed by atoms with Crippen LogP contribution in [0, 0.1) is 0 Å². The molecule has 0 aliphatic rings. The molecule has 250 valence electrons. The van der Waals surface area contributed by atoms with Gasteiger partial charge in [0.1, 0.15) is 0 Å². The largest absolute Gasteiger partial charge is 0.466 e. The molecule has 0 aliphatic carbocycles. The topological polar surface area (TPSA) is 26.3 Å². The smallest absolute Gasteiger partial charge is 0.305 e. The molecule has 0 saturated carbocycles. The van der Waals surface area contributed by atoms with Crippen LogP contribution in [-0.2, 0) is 9.53 Å². The number of esters is 1. The minimum atomic E-state index is 0.0250. The van der Waals surface area contributed by atoms with E-state index in [0.29, 0.717) is 13.0 Å². The van der Waals surface area contributed by atoms with Crippen LogP contribution in [0.3, 0.4) is 0 Å². The van der Waals surface area contributed by atoms with Gasteiger partial charge in [0.15, 0.2) is 0 Å². The molecular formula is C40H78O2. The van der Waals surface area contributed by atoms with E-state index >= 15 is 0 Å². The van der Waals surface area contributed by atoms with Crippen LogP contribution in [0.25, 0.3) is 0 Å². The van der Waals surface area contributed by atoms with Crippen molar-refractivity contribution in [2.24, 2.45) is 0 Å². The Morgan fingerprint density at radius 3 is 1.05 bits per heavy atom. The van der Waals surface area contributed by atoms with Gasteiger partial charge in [-0.05, 0) is 38.5 Å². The molecule has 0 atom stereocenters. The highest BCUT2D eigenvalue weighted by molar-refractivity contribution is 5.69. The first-order valence-electron chi connectivity index (χ1n) is 19.6. The van der Waals surface area contributed by atoms with E-state index in [1.54, 1.807) is 0 Å². The molecule has 0 rings (SSSR count). The summed E-state index contributed by atoms with van der Waals surface area (Å²) < 4.78 is 5.46. The molecule has 0 spiro atoms. The van der Waals surface area contributed by atoms with Crippen molar-refractivity contribution in [3.63, 3.8) is 0 Å². The van der Waals surface area contributed by atoms with Gasteiger partial charge in [-0.3, -0.25) is 4.79 Å². The summed E-state index contributed by atoms with van der Waals surface area (Å²) in [6, 6.07) is 0. The van der Waals surface area contributed by atoms with Gasteiger partial charge >= 0.3 is 5.97 Å². The Balaban J connectivity index is 3.17. The van der Waals surface area contributed by atoms with Gasteiger partial charge in [0.2, 0.25) is 0 Å². The van der Waals surface area contributed by atoms with Crippen molar-refractivity contribution in [3.05, 3.63) is 12.2 Å². The minimum Gasteiger partial charge on any atom is -0.466 e. The number of rotatable bonds is 36. The van der Waals surface area contributed by atoms with Gasteiger partial charge in [0, 0.05) is 6.42 Å². The third-order valence-corrected chi connectivity index (χ3v) is 8.90. The van der Waals surface area contributed by atoms with Crippen LogP contribution in [0.4, 0.5) is 0 Å². The van der Waals surface area contributed by atoms with Crippen LogP contribution in [0.5, 0.6) is 0 Å². The zero-order valence-corrected chi connectivity index (χ0v) is 29.2. The van der Waals surface area contributed by atoms with Crippen LogP contribution in [0.2, 0.25) is 0 Å². The number of carbonyl (C=O) groups is 1. The van der Waals surface area contributed by atoms with E-state index in [1.807, 2.05) is 0 Å². The second-order valence-corrected chi connectivity index (χ2v) is 13.3. The fourth-order valence-electron chi connectivity index (χ4n) is 5.96. The molecule has 0 aromatic heterocycles. The van der Waals surface area contributed by atoms with E-state index < -0.39 is 0 Å². The highest BCUT2D eigenvalue weighted by Gasteiger charge is 2.03. The van der Waals surface area contributed by atoms with Crippen LogP contribution >= 0.6 is 0 Å². The van der Waals surface area contributed by atoms with Gasteiger partial charge < -0.3 is 4.74 Å². The summed E-state index contributed by atoms with van der Waals surface area (Å²) in [5.74, 6) is 0.0250. The van der Waals surface area contributed by atoms with E-state index in [1.165, 1.54) is 199 Å². The molecule has 2 heteroatoms. The quantitative estimate of drug-likeness (QED) is 0.0412. The number of hydrogen-bond donors (Lipinski definition) is 0. The lowest BCUT2D eigenvalue weighted by molar-refractivity contribution is -0.143. The zero-order valence-electron chi connectivity index (χ0n) is 29.2. The highest BCUT2D eigenvalue weighted by Crippen LogP contribution is 2.15. The molecule has 0 radical (unpaired) electrons. The Kier molecular flexibility index (Phi) is 37.5. The van der Waals surface area contributed by atoms with Gasteiger partial charge in [0.05, 0.1) is 6.61 Å². The maximum Gasteiger partial charge on any atom is 0.305 e. The summed E-state index contributed by atoms with van der Waals surface area (Å²) in [6.07, 6.45) is 50.0. The lowest BCUT2D eigenvalue weighted by atomic mass is 10.0. The third-order valence-electron chi connectivity index (χ3n) is 8.90. The molecule has 0 heterocycles. The Labute approximate surface area is 266 Å². The number of unbranched alkanes of at least 4 members (excludes halogenated alkanes) is 30. The van der Waals surface area contributed by atoms with Gasteiger partial charge in [-0.25, -0.2) is 0 Å². The standard InChI is InChI=1S/C40H78O2/c1-3-5-7-9-11-13-15-17-19-21-23-25-27-29-31-33-35-37-39-42-40(41)38-36-34-32-30-28-26-24-22-20-18-16-14-12-10-8-6-4-2/h14,16H,3-13,15,17-39H2,1-2H3. The first-order valence-corrected chi connectivity index (χ1v) is 19.6. The van der Waals surface area contributed by atoms with E-state index in [9.17, 15) is 4.79 Å². The Hall–Kier alpha value is -0.790. The fraction of sp³-hybridized carbons (Fsp3) is 0.925. The summed E-state index contributed by atoms with van der Waals surface area (Å²) in [5.41, 5.74) is 0. The maximum atomic E-state index is 12.0. The first-order chi connectivity index (χ1) is 20.8. The predicted octanol–water partition coefficient (Wildman–Crippen LogP) is 14.4. The van der Waals surface area contributed by atoms with Crippen molar-refractivity contribution in [1.82, 2.24) is 0 Å². The van der Waals surface area contributed by atoms with E-state index in [-0.39, 0.29) is 5.97 Å². The summed E-state index contributed by atoms with van der Waals surface area (Å²) in [6.45, 7) is 5.20. The van der Waals surface area contributed by atoms with Gasteiger partial charge in [0.25, 0.3) is 0 Å². The van der Waals surface area contributed by atoms with E-state index in [4.69, 9.17) is 4.74 Å². The molecule has 0 aromatic carbocycles. The van der Waals surface area contributed by atoms with Crippen LogP contribution in [0.1, 0.15) is 232 Å². The van der Waals surface area contributed by atoms with Crippen molar-refractivity contribution >= 4 is 5.97 Å². The molecule has 42 heavy (non-hydrogen) atoms. The molecule has 0 bridgehead atoms. The van der Waals surface area contributed by atoms with E-state index in [2.05, 4.69) is 26.0 Å². The third kappa shape index (κ3) is 37.2. The Morgan fingerprint density at radius 1 is 0.381 bits per heavy atom. The summed E-state index contributed by atoms with van der Waals surface area (Å²) in [4.78, 5) is 12.0. The second kappa shape index (κ2) is 38.2. The molecule has 0 aliphatic heterocycles. The second-order valence-electron chi connectivity index (χ2n) is 13.3. The average molecular weight is 591 g/mol. The lowest BCUT2D eigenvalue weighted by Crippen LogP contribution is -2.05. The van der Waals surface area contributed by atoms with Crippen molar-refractivity contribution in [3.8, 4) is 0 Å². The SMILES string of the molecule is CCCCCCC=CCCCCCCCCCCCC(=O)OCCCCCCCCCCCCCCCCCCCC. The number of ether oxygens (including phenoxy) is 1. The molecule has 0 N–H and O–H groups in total. The molecular weight excluding hydrogens is 512 g/mol. The maximum absolute atomic E-state index is 12.0. The Morgan fingerprint density at radius 2 is 0.667 bits per heavy atom. The number of carbonyl (C=O) groups excluding carboxylic acids is 1. The van der Waals surface area contributed by atoms with E-state index in [0.717, 1.165) is 12.8 Å². The van der Waals surface area contributed by atoms with Gasteiger partial charge in [-0.15, -0.1) is 0 Å². The monoisotopic (exact) mass is 591 g/mol. The molecule has 0 aromatic rings. The van der Waals surface area contributed by atoms with Crippen LogP contribution in [0.15, 0.2) is 12.2 Å². The normalized spacial score (nSPS) is 11.6. The summed E-state index contributed by atoms with van der Waals surface area (Å²) in [7, 11) is 0. The lowest BCUT2D eigenvalue weighted by Gasteiger charge is -2.06. The molecule has 2 nitrogen and oxygen atoms in total. The van der Waals surface area contributed by atoms with Crippen molar-refractivity contribution < 1.29 is 9.53 Å². The molecule has 0 fully saturated rings. The summed E-state index contributed by atoms with van der Waals surface area (Å²) >= 11 is 0. The highest BCUT2D eigenvalue weighted by atomic mass is 16.5. The van der Waals surface area contributed by atoms with Gasteiger partial charge in [-0.2, -0.15) is 0 Å². The van der Waals surface area contributed by atoms with Gasteiger partial charge in [-0.1, -0.05) is 199 Å². The van der Waals surface area contributed by atoms with Crippen LogP contribution < -0.4 is 0 Å². The zero-order chi connectivity index (χ0) is 30.4. The van der Waals surface area contributed by atoms with Crippen molar-refractivity contribution in [2.75, 3.05) is 6.61 Å². The van der Waals surface area contributed by atoms with Crippen molar-refractivity contribution in [2.45, 2.75) is 232 Å². The van der Waals surface area contributed by atoms with Crippen molar-refractivity contribution in [1.29, 1.82) is 0 Å². The Bertz CT molecular complexity index is 526. The molecule has 0 saturated heterocycles. The molecule has 0 amide bonds. The number of allylic oxidation sites excluding steroid dienone is 2. The fourth-order valence-corrected chi connectivity index (χ4v) is 5.96. The number of hydrogen-bond acceptors (Lipinski definition) is 2. The molecule has 0 unspecified atom stereocenters. The average Bonchev–Trinajstić information content (AvgIpc) is 3.00. The first kappa shape index (κ1) is 41.2. The predicted molar refractivity (Wildman–Crippen MR) is 188 cm³/mol. The summed E-state index contributed by atoms with van der Waals surface area (Å²) in [5, 5.41) is 0.